The quantitative estimate of drug-likeness (QED) is 0.510. The summed E-state index contributed by atoms with van der Waals surface area (Å²) >= 11 is 0. The number of aryl methyl sites for hydroxylation is 1. The second-order valence-corrected chi connectivity index (χ2v) is 6.97. The molecule has 2 aromatic carbocycles. The number of aromatic nitrogens is 2. The Bertz CT molecular complexity index is 1290. The van der Waals surface area contributed by atoms with Crippen LogP contribution in [0.25, 0.3) is 10.8 Å². The van der Waals surface area contributed by atoms with E-state index in [9.17, 15) is 9.90 Å². The summed E-state index contributed by atoms with van der Waals surface area (Å²) in [6.45, 7) is 2.19. The Labute approximate surface area is 173 Å². The Morgan fingerprint density at radius 2 is 1.83 bits per heavy atom. The van der Waals surface area contributed by atoms with Gasteiger partial charge in [0.15, 0.2) is 5.82 Å². The maximum Gasteiger partial charge on any atom is 0.261 e. The molecule has 0 unspecified atom stereocenters. The van der Waals surface area contributed by atoms with E-state index in [1.807, 2.05) is 55.5 Å². The monoisotopic (exact) mass is 399 g/mol. The van der Waals surface area contributed by atoms with E-state index in [-0.39, 0.29) is 18.0 Å². The van der Waals surface area contributed by atoms with Gasteiger partial charge in [0.2, 0.25) is 5.88 Å². The fraction of sp³-hybridized carbons (Fsp3) is 0.125. The van der Waals surface area contributed by atoms with Crippen LogP contribution in [-0.2, 0) is 6.54 Å². The summed E-state index contributed by atoms with van der Waals surface area (Å²) in [6, 6.07) is 18.3. The Morgan fingerprint density at radius 3 is 2.53 bits per heavy atom. The van der Waals surface area contributed by atoms with Crippen molar-refractivity contribution in [1.82, 2.24) is 9.55 Å². The molecular weight excluding hydrogens is 378 g/mol. The lowest BCUT2D eigenvalue weighted by Gasteiger charge is -2.14. The van der Waals surface area contributed by atoms with Crippen molar-refractivity contribution in [3.8, 4) is 11.6 Å². The summed E-state index contributed by atoms with van der Waals surface area (Å²) in [5.41, 5.74) is 2.12. The standard InChI is InChI=1S/C24H21N3O3/c1-16-11-12-25-22(13-16)26-14-21-19-5-3-4-6-20(19)23(28)27(24(21)29)15-17-7-9-18(30-2)10-8-17/h3-14,29H,15H2,1-2H3. The predicted octanol–water partition coefficient (Wildman–Crippen LogP) is 4.22. The van der Waals surface area contributed by atoms with Crippen LogP contribution in [0.2, 0.25) is 0 Å². The number of aromatic hydroxyl groups is 1. The summed E-state index contributed by atoms with van der Waals surface area (Å²) in [7, 11) is 1.60. The molecular formula is C24H21N3O3. The van der Waals surface area contributed by atoms with Crippen molar-refractivity contribution in [2.75, 3.05) is 7.11 Å². The molecule has 2 heterocycles. The third-order valence-electron chi connectivity index (χ3n) is 4.92. The van der Waals surface area contributed by atoms with Crippen LogP contribution in [0.4, 0.5) is 5.82 Å². The maximum atomic E-state index is 13.1. The van der Waals surface area contributed by atoms with E-state index in [2.05, 4.69) is 9.98 Å². The molecule has 0 atom stereocenters. The van der Waals surface area contributed by atoms with Crippen molar-refractivity contribution in [2.24, 2.45) is 4.99 Å². The molecule has 4 aromatic rings. The van der Waals surface area contributed by atoms with Gasteiger partial charge in [-0.2, -0.15) is 0 Å². The number of pyridine rings is 2. The fourth-order valence-corrected chi connectivity index (χ4v) is 3.32. The third-order valence-corrected chi connectivity index (χ3v) is 4.92. The van der Waals surface area contributed by atoms with E-state index >= 15 is 0 Å². The molecule has 0 bridgehead atoms. The van der Waals surface area contributed by atoms with Gasteiger partial charge in [0.05, 0.1) is 19.2 Å². The van der Waals surface area contributed by atoms with Gasteiger partial charge in [-0.25, -0.2) is 9.98 Å². The number of rotatable bonds is 5. The molecule has 30 heavy (non-hydrogen) atoms. The number of nitrogens with zero attached hydrogens (tertiary/aromatic N) is 3. The highest BCUT2D eigenvalue weighted by Crippen LogP contribution is 2.25. The highest BCUT2D eigenvalue weighted by Gasteiger charge is 2.15. The molecule has 0 saturated carbocycles. The minimum Gasteiger partial charge on any atom is -0.497 e. The molecule has 6 nitrogen and oxygen atoms in total. The van der Waals surface area contributed by atoms with Gasteiger partial charge in [0.1, 0.15) is 5.75 Å². The minimum atomic E-state index is -0.259. The molecule has 0 aliphatic carbocycles. The number of fused-ring (bicyclic) bond motifs is 1. The van der Waals surface area contributed by atoms with Gasteiger partial charge in [-0.1, -0.05) is 30.3 Å². The molecule has 0 radical (unpaired) electrons. The predicted molar refractivity (Wildman–Crippen MR) is 118 cm³/mol. The molecule has 0 amide bonds. The van der Waals surface area contributed by atoms with Crippen molar-refractivity contribution in [2.45, 2.75) is 13.5 Å². The number of ether oxygens (including phenoxy) is 1. The van der Waals surface area contributed by atoms with Gasteiger partial charge < -0.3 is 9.84 Å². The first-order valence-electron chi connectivity index (χ1n) is 9.51. The summed E-state index contributed by atoms with van der Waals surface area (Å²) in [5, 5.41) is 12.1. The topological polar surface area (TPSA) is 76.7 Å². The molecule has 4 rings (SSSR count). The number of hydrogen-bond acceptors (Lipinski definition) is 5. The van der Waals surface area contributed by atoms with Gasteiger partial charge in [0.25, 0.3) is 5.56 Å². The molecule has 0 aliphatic heterocycles. The Morgan fingerprint density at radius 1 is 1.10 bits per heavy atom. The van der Waals surface area contributed by atoms with Crippen LogP contribution in [0.1, 0.15) is 16.7 Å². The van der Waals surface area contributed by atoms with Gasteiger partial charge in [-0.15, -0.1) is 0 Å². The van der Waals surface area contributed by atoms with Crippen LogP contribution in [0, 0.1) is 6.92 Å². The van der Waals surface area contributed by atoms with E-state index < -0.39 is 0 Å². The number of methoxy groups -OCH3 is 1. The number of hydrogen-bond donors (Lipinski definition) is 1. The van der Waals surface area contributed by atoms with Crippen molar-refractivity contribution >= 4 is 22.8 Å². The minimum absolute atomic E-state index is 0.133. The van der Waals surface area contributed by atoms with E-state index in [0.29, 0.717) is 22.2 Å². The van der Waals surface area contributed by atoms with E-state index in [1.54, 1.807) is 31.7 Å². The van der Waals surface area contributed by atoms with Crippen LogP contribution in [-0.4, -0.2) is 28.0 Å². The third kappa shape index (κ3) is 3.80. The molecule has 0 spiro atoms. The zero-order chi connectivity index (χ0) is 21.1. The first kappa shape index (κ1) is 19.4. The lowest BCUT2D eigenvalue weighted by molar-refractivity contribution is 0.412. The first-order chi connectivity index (χ1) is 14.6. The zero-order valence-corrected chi connectivity index (χ0v) is 16.7. The average molecular weight is 399 g/mol. The molecule has 0 fully saturated rings. The van der Waals surface area contributed by atoms with E-state index in [4.69, 9.17) is 4.74 Å². The van der Waals surface area contributed by atoms with Crippen LogP contribution in [0.3, 0.4) is 0 Å². The molecule has 0 aliphatic rings. The van der Waals surface area contributed by atoms with Crippen LogP contribution < -0.4 is 10.3 Å². The number of benzene rings is 2. The maximum absolute atomic E-state index is 13.1. The summed E-state index contributed by atoms with van der Waals surface area (Å²) < 4.78 is 6.54. The first-order valence-corrected chi connectivity index (χ1v) is 9.51. The second kappa shape index (κ2) is 8.21. The molecule has 150 valence electrons. The van der Waals surface area contributed by atoms with Crippen molar-refractivity contribution in [3.05, 3.63) is 93.9 Å². The smallest absolute Gasteiger partial charge is 0.261 e. The average Bonchev–Trinajstić information content (AvgIpc) is 2.77. The SMILES string of the molecule is COc1ccc(Cn2c(O)c(C=Nc3cc(C)ccn3)c3ccccc3c2=O)cc1. The van der Waals surface area contributed by atoms with Gasteiger partial charge in [-0.05, 0) is 48.4 Å². The van der Waals surface area contributed by atoms with E-state index in [1.165, 1.54) is 4.57 Å². The summed E-state index contributed by atoms with van der Waals surface area (Å²) in [6.07, 6.45) is 3.24. The molecule has 6 heteroatoms. The van der Waals surface area contributed by atoms with Gasteiger partial charge in [-0.3, -0.25) is 9.36 Å². The van der Waals surface area contributed by atoms with Gasteiger partial charge in [0, 0.05) is 23.2 Å². The van der Waals surface area contributed by atoms with Crippen LogP contribution in [0.5, 0.6) is 11.6 Å². The largest absolute Gasteiger partial charge is 0.497 e. The summed E-state index contributed by atoms with van der Waals surface area (Å²) in [5.74, 6) is 1.13. The van der Waals surface area contributed by atoms with Crippen LogP contribution >= 0.6 is 0 Å². The van der Waals surface area contributed by atoms with E-state index in [0.717, 1.165) is 16.9 Å². The summed E-state index contributed by atoms with van der Waals surface area (Å²) in [4.78, 5) is 21.7. The molecule has 1 N–H and O–H groups in total. The van der Waals surface area contributed by atoms with Crippen LogP contribution in [0.15, 0.2) is 76.6 Å². The van der Waals surface area contributed by atoms with Crippen molar-refractivity contribution in [3.63, 3.8) is 0 Å². The Balaban J connectivity index is 1.83. The highest BCUT2D eigenvalue weighted by atomic mass is 16.5. The van der Waals surface area contributed by atoms with Gasteiger partial charge >= 0.3 is 0 Å². The fourth-order valence-electron chi connectivity index (χ4n) is 3.32. The van der Waals surface area contributed by atoms with Crippen molar-refractivity contribution < 1.29 is 9.84 Å². The lowest BCUT2D eigenvalue weighted by Crippen LogP contribution is -2.22. The van der Waals surface area contributed by atoms with Crippen molar-refractivity contribution in [1.29, 1.82) is 0 Å². The normalized spacial score (nSPS) is 11.3. The zero-order valence-electron chi connectivity index (χ0n) is 16.7. The molecule has 0 saturated heterocycles. The highest BCUT2D eigenvalue weighted by molar-refractivity contribution is 6.02. The second-order valence-electron chi connectivity index (χ2n) is 6.97. The lowest BCUT2D eigenvalue weighted by atomic mass is 10.1. The molecule has 2 aromatic heterocycles. The Hall–Kier alpha value is -3.93. The Kier molecular flexibility index (Phi) is 5.30. The number of aliphatic imine (C=N–C) groups is 1.